The van der Waals surface area contributed by atoms with Crippen molar-refractivity contribution in [1.82, 2.24) is 9.55 Å². The van der Waals surface area contributed by atoms with E-state index >= 15 is 0 Å². The Morgan fingerprint density at radius 2 is 2.28 bits per heavy atom. The summed E-state index contributed by atoms with van der Waals surface area (Å²) in [4.78, 5) is 4.30. The number of hydrogen-bond donors (Lipinski definition) is 1. The van der Waals surface area contributed by atoms with Crippen LogP contribution in [-0.2, 0) is 17.8 Å². The largest absolute Gasteiger partial charge is 0.383 e. The Bertz CT molecular complexity index is 493. The van der Waals surface area contributed by atoms with Crippen LogP contribution in [0.5, 0.6) is 0 Å². The summed E-state index contributed by atoms with van der Waals surface area (Å²) in [6.07, 6.45) is 3.76. The van der Waals surface area contributed by atoms with Crippen LogP contribution < -0.4 is 5.32 Å². The summed E-state index contributed by atoms with van der Waals surface area (Å²) >= 11 is 0. The number of aryl methyl sites for hydroxylation is 1. The number of nitrogens with one attached hydrogen (secondary N) is 1. The monoisotopic (exact) mass is 245 g/mol. The molecule has 0 aliphatic rings. The molecule has 4 heteroatoms. The van der Waals surface area contributed by atoms with Gasteiger partial charge < -0.3 is 14.6 Å². The fourth-order valence-corrected chi connectivity index (χ4v) is 1.85. The molecule has 0 unspecified atom stereocenters. The Morgan fingerprint density at radius 3 is 3.06 bits per heavy atom. The molecule has 0 atom stereocenters. The molecule has 0 spiro atoms. The number of nitrogens with zero attached hydrogens (tertiary/aromatic N) is 2. The third kappa shape index (κ3) is 3.34. The number of anilines is 1. The van der Waals surface area contributed by atoms with Gasteiger partial charge in [0.25, 0.3) is 0 Å². The topological polar surface area (TPSA) is 39.1 Å². The molecule has 0 fully saturated rings. The summed E-state index contributed by atoms with van der Waals surface area (Å²) in [5.41, 5.74) is 2.54. The van der Waals surface area contributed by atoms with Crippen LogP contribution in [0.1, 0.15) is 11.1 Å². The molecular weight excluding hydrogens is 226 g/mol. The Kier molecular flexibility index (Phi) is 4.36. The molecule has 18 heavy (non-hydrogen) atoms. The van der Waals surface area contributed by atoms with Gasteiger partial charge in [-0.2, -0.15) is 0 Å². The zero-order chi connectivity index (χ0) is 12.8. The van der Waals surface area contributed by atoms with Crippen LogP contribution in [0.2, 0.25) is 0 Å². The van der Waals surface area contributed by atoms with E-state index in [0.29, 0.717) is 6.61 Å². The first-order valence-electron chi connectivity index (χ1n) is 6.09. The lowest BCUT2D eigenvalue weighted by Crippen LogP contribution is -2.10. The summed E-state index contributed by atoms with van der Waals surface area (Å²) in [6.45, 7) is 4.39. The average molecular weight is 245 g/mol. The van der Waals surface area contributed by atoms with Crippen LogP contribution in [0.25, 0.3) is 0 Å². The fourth-order valence-electron chi connectivity index (χ4n) is 1.85. The SMILES string of the molecule is COCCn1ccnc1NCc1cccc(C)c1. The van der Waals surface area contributed by atoms with E-state index in [9.17, 15) is 0 Å². The predicted molar refractivity (Wildman–Crippen MR) is 72.6 cm³/mol. The van der Waals surface area contributed by atoms with Gasteiger partial charge in [-0.05, 0) is 12.5 Å². The second-order valence-electron chi connectivity index (χ2n) is 4.28. The van der Waals surface area contributed by atoms with Gasteiger partial charge in [0.15, 0.2) is 0 Å². The minimum absolute atomic E-state index is 0.690. The van der Waals surface area contributed by atoms with Gasteiger partial charge in [-0.3, -0.25) is 0 Å². The Balaban J connectivity index is 1.95. The normalized spacial score (nSPS) is 10.6. The van der Waals surface area contributed by atoms with Crippen molar-refractivity contribution >= 4 is 5.95 Å². The maximum Gasteiger partial charge on any atom is 0.203 e. The van der Waals surface area contributed by atoms with Crippen LogP contribution in [0.3, 0.4) is 0 Å². The van der Waals surface area contributed by atoms with Crippen LogP contribution in [0.4, 0.5) is 5.95 Å². The second-order valence-corrected chi connectivity index (χ2v) is 4.28. The summed E-state index contributed by atoms with van der Waals surface area (Å²) in [7, 11) is 1.71. The predicted octanol–water partition coefficient (Wildman–Crippen LogP) is 2.45. The van der Waals surface area contributed by atoms with Crippen molar-refractivity contribution in [2.75, 3.05) is 19.0 Å². The minimum atomic E-state index is 0.690. The summed E-state index contributed by atoms with van der Waals surface area (Å²) < 4.78 is 7.13. The molecule has 0 saturated carbocycles. The number of aromatic nitrogens is 2. The van der Waals surface area contributed by atoms with Crippen LogP contribution in [-0.4, -0.2) is 23.3 Å². The Labute approximate surface area is 108 Å². The number of rotatable bonds is 6. The van der Waals surface area contributed by atoms with Crippen molar-refractivity contribution in [1.29, 1.82) is 0 Å². The van der Waals surface area contributed by atoms with Crippen LogP contribution >= 0.6 is 0 Å². The van der Waals surface area contributed by atoms with Gasteiger partial charge in [0, 0.05) is 32.6 Å². The van der Waals surface area contributed by atoms with Crippen molar-refractivity contribution in [3.05, 3.63) is 47.8 Å². The molecule has 1 aromatic heterocycles. The van der Waals surface area contributed by atoms with E-state index in [1.54, 1.807) is 13.3 Å². The molecule has 2 rings (SSSR count). The third-order valence-electron chi connectivity index (χ3n) is 2.78. The highest BCUT2D eigenvalue weighted by molar-refractivity contribution is 5.30. The smallest absolute Gasteiger partial charge is 0.203 e. The van der Waals surface area contributed by atoms with Crippen molar-refractivity contribution in [3.8, 4) is 0 Å². The van der Waals surface area contributed by atoms with E-state index in [2.05, 4.69) is 46.1 Å². The molecule has 1 heterocycles. The molecule has 0 saturated heterocycles. The van der Waals surface area contributed by atoms with E-state index in [1.165, 1.54) is 11.1 Å². The summed E-state index contributed by atoms with van der Waals surface area (Å²) in [5, 5.41) is 3.34. The van der Waals surface area contributed by atoms with Crippen molar-refractivity contribution in [2.45, 2.75) is 20.0 Å². The number of benzene rings is 1. The number of methoxy groups -OCH3 is 1. The highest BCUT2D eigenvalue weighted by atomic mass is 16.5. The molecule has 4 nitrogen and oxygen atoms in total. The molecule has 0 amide bonds. The highest BCUT2D eigenvalue weighted by Gasteiger charge is 2.01. The lowest BCUT2D eigenvalue weighted by atomic mass is 10.1. The first-order chi connectivity index (χ1) is 8.79. The molecule has 96 valence electrons. The van der Waals surface area contributed by atoms with Crippen molar-refractivity contribution in [2.24, 2.45) is 0 Å². The summed E-state index contributed by atoms with van der Waals surface area (Å²) in [5.74, 6) is 0.883. The number of ether oxygens (including phenoxy) is 1. The average Bonchev–Trinajstić information content (AvgIpc) is 2.81. The van der Waals surface area contributed by atoms with Gasteiger partial charge in [0.1, 0.15) is 0 Å². The van der Waals surface area contributed by atoms with Gasteiger partial charge in [-0.25, -0.2) is 4.98 Å². The van der Waals surface area contributed by atoms with Crippen molar-refractivity contribution < 1.29 is 4.74 Å². The maximum absolute atomic E-state index is 5.07. The molecule has 0 radical (unpaired) electrons. The van der Waals surface area contributed by atoms with E-state index in [0.717, 1.165) is 19.0 Å². The highest BCUT2D eigenvalue weighted by Crippen LogP contribution is 2.09. The molecule has 0 aliphatic carbocycles. The second kappa shape index (κ2) is 6.21. The lowest BCUT2D eigenvalue weighted by Gasteiger charge is -2.09. The van der Waals surface area contributed by atoms with Crippen LogP contribution in [0, 0.1) is 6.92 Å². The molecule has 0 aliphatic heterocycles. The van der Waals surface area contributed by atoms with E-state index in [1.807, 2.05) is 6.20 Å². The molecule has 2 aromatic rings. The number of hydrogen-bond acceptors (Lipinski definition) is 3. The quantitative estimate of drug-likeness (QED) is 0.849. The standard InChI is InChI=1S/C14H19N3O/c1-12-4-3-5-13(10-12)11-16-14-15-6-7-17(14)8-9-18-2/h3-7,10H,8-9,11H2,1-2H3,(H,15,16). The molecule has 1 N–H and O–H groups in total. The fraction of sp³-hybridized carbons (Fsp3) is 0.357. The Morgan fingerprint density at radius 1 is 1.39 bits per heavy atom. The van der Waals surface area contributed by atoms with Gasteiger partial charge >= 0.3 is 0 Å². The first-order valence-corrected chi connectivity index (χ1v) is 6.09. The van der Waals surface area contributed by atoms with Crippen molar-refractivity contribution in [3.63, 3.8) is 0 Å². The van der Waals surface area contributed by atoms with Gasteiger partial charge in [-0.1, -0.05) is 29.8 Å². The van der Waals surface area contributed by atoms with Crippen LogP contribution in [0.15, 0.2) is 36.7 Å². The van der Waals surface area contributed by atoms with E-state index in [-0.39, 0.29) is 0 Å². The van der Waals surface area contributed by atoms with Gasteiger partial charge in [0.05, 0.1) is 6.61 Å². The molecule has 0 bridgehead atoms. The Hall–Kier alpha value is -1.81. The van der Waals surface area contributed by atoms with Gasteiger partial charge in [-0.15, -0.1) is 0 Å². The third-order valence-corrected chi connectivity index (χ3v) is 2.78. The van der Waals surface area contributed by atoms with E-state index in [4.69, 9.17) is 4.74 Å². The minimum Gasteiger partial charge on any atom is -0.383 e. The van der Waals surface area contributed by atoms with Gasteiger partial charge in [0.2, 0.25) is 5.95 Å². The number of imidazole rings is 1. The van der Waals surface area contributed by atoms with E-state index < -0.39 is 0 Å². The maximum atomic E-state index is 5.07. The molecule has 1 aromatic carbocycles. The lowest BCUT2D eigenvalue weighted by molar-refractivity contribution is 0.187. The first kappa shape index (κ1) is 12.6. The zero-order valence-corrected chi connectivity index (χ0v) is 10.9. The summed E-state index contributed by atoms with van der Waals surface area (Å²) in [6, 6.07) is 8.46. The zero-order valence-electron chi connectivity index (χ0n) is 10.9. The molecular formula is C14H19N3O.